The molecule has 0 aliphatic rings. The number of hydrogen-bond acceptors (Lipinski definition) is 1. The first-order chi connectivity index (χ1) is 5.34. The van der Waals surface area contributed by atoms with Crippen molar-refractivity contribution in [2.45, 2.75) is 0 Å². The molecule has 0 bridgehead atoms. The molecule has 1 rings (SSSR count). The largest absolute Gasteiger partial charge is 0.382 e. The lowest BCUT2D eigenvalue weighted by molar-refractivity contribution is 0.512. The first kappa shape index (κ1) is 8.53. The molecule has 0 atom stereocenters. The summed E-state index contributed by atoms with van der Waals surface area (Å²) in [6, 6.07) is 7.65. The SMILES string of the molecule is FCCNc1ccccc1Br. The molecule has 11 heavy (non-hydrogen) atoms. The van der Waals surface area contributed by atoms with Gasteiger partial charge in [-0.2, -0.15) is 0 Å². The number of para-hydroxylation sites is 1. The molecule has 0 fully saturated rings. The van der Waals surface area contributed by atoms with Crippen LogP contribution in [-0.2, 0) is 0 Å². The third-order valence-corrected chi connectivity index (χ3v) is 1.98. The number of rotatable bonds is 3. The molecule has 1 aromatic carbocycles. The Hall–Kier alpha value is -0.570. The predicted octanol–water partition coefficient (Wildman–Crippen LogP) is 2.83. The zero-order valence-electron chi connectivity index (χ0n) is 5.98. The van der Waals surface area contributed by atoms with E-state index in [1.54, 1.807) is 0 Å². The lowest BCUT2D eigenvalue weighted by Crippen LogP contribution is -2.02. The zero-order chi connectivity index (χ0) is 8.10. The van der Waals surface area contributed by atoms with Crippen LogP contribution in [0.4, 0.5) is 10.1 Å². The van der Waals surface area contributed by atoms with Gasteiger partial charge in [0.2, 0.25) is 0 Å². The Balaban J connectivity index is 2.62. The lowest BCUT2D eigenvalue weighted by atomic mass is 10.3. The molecule has 1 aromatic rings. The first-order valence-corrected chi connectivity index (χ1v) is 4.18. The minimum atomic E-state index is -0.346. The fraction of sp³-hybridized carbons (Fsp3) is 0.250. The predicted molar refractivity (Wildman–Crippen MR) is 48.6 cm³/mol. The van der Waals surface area contributed by atoms with Gasteiger partial charge in [0.15, 0.2) is 0 Å². The van der Waals surface area contributed by atoms with Crippen molar-refractivity contribution in [2.24, 2.45) is 0 Å². The Morgan fingerprint density at radius 2 is 2.09 bits per heavy atom. The summed E-state index contributed by atoms with van der Waals surface area (Å²) < 4.78 is 12.7. The van der Waals surface area contributed by atoms with Crippen LogP contribution in [0.1, 0.15) is 0 Å². The van der Waals surface area contributed by atoms with Gasteiger partial charge < -0.3 is 5.32 Å². The minimum absolute atomic E-state index is 0.346. The molecular formula is C8H9BrFN. The Bertz CT molecular complexity index is 227. The molecule has 0 amide bonds. The van der Waals surface area contributed by atoms with Crippen LogP contribution in [0.3, 0.4) is 0 Å². The van der Waals surface area contributed by atoms with Crippen LogP contribution in [0.25, 0.3) is 0 Å². The van der Waals surface area contributed by atoms with E-state index in [4.69, 9.17) is 0 Å². The van der Waals surface area contributed by atoms with E-state index < -0.39 is 0 Å². The Morgan fingerprint density at radius 3 is 2.73 bits per heavy atom. The maximum Gasteiger partial charge on any atom is 0.107 e. The van der Waals surface area contributed by atoms with Gasteiger partial charge >= 0.3 is 0 Å². The van der Waals surface area contributed by atoms with Gasteiger partial charge in [-0.25, -0.2) is 4.39 Å². The van der Waals surface area contributed by atoms with Crippen LogP contribution < -0.4 is 5.32 Å². The van der Waals surface area contributed by atoms with E-state index in [1.165, 1.54) is 0 Å². The normalized spacial score (nSPS) is 9.64. The molecule has 0 radical (unpaired) electrons. The Morgan fingerprint density at radius 1 is 1.36 bits per heavy atom. The smallest absolute Gasteiger partial charge is 0.107 e. The van der Waals surface area contributed by atoms with Crippen molar-refractivity contribution in [3.8, 4) is 0 Å². The van der Waals surface area contributed by atoms with E-state index in [9.17, 15) is 4.39 Å². The molecule has 0 saturated heterocycles. The van der Waals surface area contributed by atoms with Crippen LogP contribution in [0.2, 0.25) is 0 Å². The van der Waals surface area contributed by atoms with Crippen molar-refractivity contribution >= 4 is 21.6 Å². The molecule has 0 unspecified atom stereocenters. The van der Waals surface area contributed by atoms with Gasteiger partial charge in [-0.05, 0) is 28.1 Å². The number of benzene rings is 1. The molecule has 0 heterocycles. The molecule has 3 heteroatoms. The van der Waals surface area contributed by atoms with Crippen LogP contribution in [-0.4, -0.2) is 13.2 Å². The summed E-state index contributed by atoms with van der Waals surface area (Å²) in [4.78, 5) is 0. The molecular weight excluding hydrogens is 209 g/mol. The fourth-order valence-corrected chi connectivity index (χ4v) is 1.21. The van der Waals surface area contributed by atoms with Gasteiger partial charge in [0.1, 0.15) is 6.67 Å². The van der Waals surface area contributed by atoms with Gasteiger partial charge in [0.25, 0.3) is 0 Å². The van der Waals surface area contributed by atoms with E-state index in [0.29, 0.717) is 6.54 Å². The van der Waals surface area contributed by atoms with E-state index >= 15 is 0 Å². The van der Waals surface area contributed by atoms with E-state index in [-0.39, 0.29) is 6.67 Å². The highest BCUT2D eigenvalue weighted by molar-refractivity contribution is 9.10. The average molecular weight is 218 g/mol. The van der Waals surface area contributed by atoms with Crippen molar-refractivity contribution in [3.05, 3.63) is 28.7 Å². The molecule has 0 aliphatic heterocycles. The lowest BCUT2D eigenvalue weighted by Gasteiger charge is -2.04. The molecule has 0 saturated carbocycles. The monoisotopic (exact) mass is 217 g/mol. The van der Waals surface area contributed by atoms with Gasteiger partial charge in [-0.3, -0.25) is 0 Å². The second kappa shape index (κ2) is 4.34. The van der Waals surface area contributed by atoms with Crippen molar-refractivity contribution < 1.29 is 4.39 Å². The standard InChI is InChI=1S/C8H9BrFN/c9-7-3-1-2-4-8(7)11-6-5-10/h1-4,11H,5-6H2. The number of anilines is 1. The zero-order valence-corrected chi connectivity index (χ0v) is 7.57. The van der Waals surface area contributed by atoms with Gasteiger partial charge in [-0.15, -0.1) is 0 Å². The number of alkyl halides is 1. The highest BCUT2D eigenvalue weighted by atomic mass is 79.9. The second-order valence-corrected chi connectivity index (χ2v) is 2.95. The summed E-state index contributed by atoms with van der Waals surface area (Å²) in [5.74, 6) is 0. The quantitative estimate of drug-likeness (QED) is 0.822. The average Bonchev–Trinajstić information content (AvgIpc) is 2.03. The third-order valence-electron chi connectivity index (χ3n) is 1.28. The van der Waals surface area contributed by atoms with Crippen LogP contribution in [0.15, 0.2) is 28.7 Å². The topological polar surface area (TPSA) is 12.0 Å². The van der Waals surface area contributed by atoms with Crippen molar-refractivity contribution in [2.75, 3.05) is 18.5 Å². The summed E-state index contributed by atoms with van der Waals surface area (Å²) in [5.41, 5.74) is 0.935. The molecule has 1 N–H and O–H groups in total. The summed E-state index contributed by atoms with van der Waals surface area (Å²) in [7, 11) is 0. The number of hydrogen-bond donors (Lipinski definition) is 1. The molecule has 60 valence electrons. The maximum atomic E-state index is 11.7. The highest BCUT2D eigenvalue weighted by Gasteiger charge is 1.94. The maximum absolute atomic E-state index is 11.7. The Kier molecular flexibility index (Phi) is 3.36. The van der Waals surface area contributed by atoms with Crippen molar-refractivity contribution in [1.29, 1.82) is 0 Å². The van der Waals surface area contributed by atoms with Gasteiger partial charge in [0, 0.05) is 16.7 Å². The molecule has 1 nitrogen and oxygen atoms in total. The van der Waals surface area contributed by atoms with E-state index in [2.05, 4.69) is 21.2 Å². The fourth-order valence-electron chi connectivity index (χ4n) is 0.786. The molecule has 0 spiro atoms. The minimum Gasteiger partial charge on any atom is -0.382 e. The number of nitrogens with one attached hydrogen (secondary N) is 1. The van der Waals surface area contributed by atoms with Crippen LogP contribution in [0, 0.1) is 0 Å². The van der Waals surface area contributed by atoms with Crippen LogP contribution >= 0.6 is 15.9 Å². The Labute approximate surface area is 73.7 Å². The van der Waals surface area contributed by atoms with Gasteiger partial charge in [0.05, 0.1) is 0 Å². The van der Waals surface area contributed by atoms with Gasteiger partial charge in [-0.1, -0.05) is 12.1 Å². The van der Waals surface area contributed by atoms with Crippen molar-refractivity contribution in [1.82, 2.24) is 0 Å². The summed E-state index contributed by atoms with van der Waals surface area (Å²) in [6.45, 7) is 0.0178. The van der Waals surface area contributed by atoms with E-state index in [0.717, 1.165) is 10.2 Å². The molecule has 0 aromatic heterocycles. The second-order valence-electron chi connectivity index (χ2n) is 2.10. The highest BCUT2D eigenvalue weighted by Crippen LogP contribution is 2.20. The summed E-state index contributed by atoms with van der Waals surface area (Å²) >= 11 is 3.34. The van der Waals surface area contributed by atoms with E-state index in [1.807, 2.05) is 24.3 Å². The summed E-state index contributed by atoms with van der Waals surface area (Å²) in [6.07, 6.45) is 0. The summed E-state index contributed by atoms with van der Waals surface area (Å²) in [5, 5.41) is 2.94. The van der Waals surface area contributed by atoms with Crippen molar-refractivity contribution in [3.63, 3.8) is 0 Å². The van der Waals surface area contributed by atoms with Crippen LogP contribution in [0.5, 0.6) is 0 Å². The number of halogens is 2. The third kappa shape index (κ3) is 2.50. The first-order valence-electron chi connectivity index (χ1n) is 3.39. The molecule has 0 aliphatic carbocycles.